The highest BCUT2D eigenvalue weighted by atomic mass is 16.6. The lowest BCUT2D eigenvalue weighted by Crippen LogP contribution is -2.39. The SMILES string of the molecule is COc1ccc([N+](=O)[O-])cc1NC(=O)C(C)OC(=O)c1ccc(N2CC(C)CC(C)C2)c([N+](=O)[O-])c1. The maximum Gasteiger partial charge on any atom is 0.339 e. The summed E-state index contributed by atoms with van der Waals surface area (Å²) in [6.07, 6.45) is -0.263. The predicted molar refractivity (Wildman–Crippen MR) is 131 cm³/mol. The minimum absolute atomic E-state index is 0.0320. The van der Waals surface area contributed by atoms with E-state index in [1.54, 1.807) is 0 Å². The van der Waals surface area contributed by atoms with Crippen LogP contribution >= 0.6 is 0 Å². The van der Waals surface area contributed by atoms with Crippen LogP contribution in [0.3, 0.4) is 0 Å². The highest BCUT2D eigenvalue weighted by Gasteiger charge is 2.29. The number of amides is 1. The predicted octanol–water partition coefficient (Wildman–Crippen LogP) is 4.18. The first-order chi connectivity index (χ1) is 17.0. The molecular formula is C24H28N4O8. The van der Waals surface area contributed by atoms with E-state index in [0.717, 1.165) is 18.6 Å². The molecule has 1 aliphatic rings. The second kappa shape index (κ2) is 11.0. The first kappa shape index (κ1) is 26.4. The Bertz CT molecular complexity index is 1170. The van der Waals surface area contributed by atoms with Crippen molar-refractivity contribution in [2.75, 3.05) is 30.4 Å². The lowest BCUT2D eigenvalue weighted by molar-refractivity contribution is -0.384. The summed E-state index contributed by atoms with van der Waals surface area (Å²) in [5.74, 6) is -0.743. The van der Waals surface area contributed by atoms with E-state index in [9.17, 15) is 29.8 Å². The monoisotopic (exact) mass is 500 g/mol. The van der Waals surface area contributed by atoms with Gasteiger partial charge in [-0.2, -0.15) is 0 Å². The van der Waals surface area contributed by atoms with Gasteiger partial charge in [-0.05, 0) is 43.4 Å². The number of esters is 1. The van der Waals surface area contributed by atoms with Gasteiger partial charge in [-0.25, -0.2) is 4.79 Å². The molecule has 0 aliphatic carbocycles. The van der Waals surface area contributed by atoms with Crippen LogP contribution < -0.4 is 15.0 Å². The van der Waals surface area contributed by atoms with Crippen molar-refractivity contribution < 1.29 is 28.9 Å². The summed E-state index contributed by atoms with van der Waals surface area (Å²) in [4.78, 5) is 48.9. The van der Waals surface area contributed by atoms with Crippen molar-refractivity contribution in [1.82, 2.24) is 0 Å². The number of benzene rings is 2. The van der Waals surface area contributed by atoms with Crippen molar-refractivity contribution in [2.45, 2.75) is 33.3 Å². The Morgan fingerprint density at radius 1 is 1.06 bits per heavy atom. The first-order valence-electron chi connectivity index (χ1n) is 11.4. The normalized spacial score (nSPS) is 18.2. The van der Waals surface area contributed by atoms with Gasteiger partial charge < -0.3 is 19.7 Å². The Balaban J connectivity index is 1.75. The molecule has 12 heteroatoms. The van der Waals surface area contributed by atoms with Crippen LogP contribution in [-0.4, -0.2) is 48.0 Å². The number of nitro groups is 2. The Kier molecular flexibility index (Phi) is 8.07. The molecule has 2 aromatic carbocycles. The van der Waals surface area contributed by atoms with Gasteiger partial charge in [0.1, 0.15) is 11.4 Å². The lowest BCUT2D eigenvalue weighted by Gasteiger charge is -2.36. The first-order valence-corrected chi connectivity index (χ1v) is 11.4. The van der Waals surface area contributed by atoms with Crippen LogP contribution in [0.15, 0.2) is 36.4 Å². The van der Waals surface area contributed by atoms with Crippen LogP contribution in [0.2, 0.25) is 0 Å². The highest BCUT2D eigenvalue weighted by molar-refractivity contribution is 5.98. The molecule has 3 rings (SSSR count). The molecule has 12 nitrogen and oxygen atoms in total. The number of non-ortho nitro benzene ring substituents is 1. The Morgan fingerprint density at radius 3 is 2.31 bits per heavy atom. The number of hydrogen-bond acceptors (Lipinski definition) is 9. The van der Waals surface area contributed by atoms with E-state index in [4.69, 9.17) is 9.47 Å². The van der Waals surface area contributed by atoms with Crippen LogP contribution in [0.4, 0.5) is 22.7 Å². The largest absolute Gasteiger partial charge is 0.495 e. The van der Waals surface area contributed by atoms with Gasteiger partial charge in [0.25, 0.3) is 17.3 Å². The van der Waals surface area contributed by atoms with Gasteiger partial charge in [0.15, 0.2) is 6.10 Å². The molecule has 2 aromatic rings. The smallest absolute Gasteiger partial charge is 0.339 e. The summed E-state index contributed by atoms with van der Waals surface area (Å²) < 4.78 is 10.3. The fourth-order valence-electron chi connectivity index (χ4n) is 4.35. The minimum atomic E-state index is -1.30. The molecule has 1 fully saturated rings. The zero-order valence-corrected chi connectivity index (χ0v) is 20.4. The van der Waals surface area contributed by atoms with Crippen molar-refractivity contribution in [2.24, 2.45) is 11.8 Å². The molecule has 0 bridgehead atoms. The van der Waals surface area contributed by atoms with Gasteiger partial charge in [0.2, 0.25) is 0 Å². The molecule has 36 heavy (non-hydrogen) atoms. The van der Waals surface area contributed by atoms with E-state index in [0.29, 0.717) is 30.6 Å². The molecule has 192 valence electrons. The maximum absolute atomic E-state index is 12.7. The number of nitro benzene ring substituents is 2. The molecule has 1 saturated heterocycles. The topological polar surface area (TPSA) is 154 Å². The number of methoxy groups -OCH3 is 1. The third-order valence-electron chi connectivity index (χ3n) is 5.92. The lowest BCUT2D eigenvalue weighted by atomic mass is 9.91. The zero-order chi connectivity index (χ0) is 26.6. The molecular weight excluding hydrogens is 472 g/mol. The fraction of sp³-hybridized carbons (Fsp3) is 0.417. The molecule has 1 aliphatic heterocycles. The van der Waals surface area contributed by atoms with Crippen LogP contribution in [0, 0.1) is 32.1 Å². The molecule has 0 radical (unpaired) electrons. The van der Waals surface area contributed by atoms with E-state index >= 15 is 0 Å². The molecule has 0 aromatic heterocycles. The second-order valence-electron chi connectivity index (χ2n) is 8.99. The maximum atomic E-state index is 12.7. The van der Waals surface area contributed by atoms with Crippen LogP contribution in [-0.2, 0) is 9.53 Å². The zero-order valence-electron chi connectivity index (χ0n) is 20.4. The van der Waals surface area contributed by atoms with Crippen molar-refractivity contribution in [3.05, 3.63) is 62.2 Å². The third kappa shape index (κ3) is 6.06. The van der Waals surface area contributed by atoms with E-state index in [1.807, 2.05) is 4.90 Å². The highest BCUT2D eigenvalue weighted by Crippen LogP contribution is 2.34. The summed E-state index contributed by atoms with van der Waals surface area (Å²) in [6, 6.07) is 7.78. The fourth-order valence-corrected chi connectivity index (χ4v) is 4.35. The van der Waals surface area contributed by atoms with Crippen LogP contribution in [0.5, 0.6) is 5.75 Å². The average molecular weight is 501 g/mol. The van der Waals surface area contributed by atoms with Crippen LogP contribution in [0.1, 0.15) is 37.6 Å². The molecule has 3 unspecified atom stereocenters. The Hall–Kier alpha value is -4.22. The molecule has 1 heterocycles. The standard InChI is InChI=1S/C24H28N4O8/c1-14-9-15(2)13-26(12-14)20-7-5-17(10-21(20)28(33)34)24(30)36-16(3)23(29)25-19-11-18(27(31)32)6-8-22(19)35-4/h5-8,10-11,14-16H,9,12-13H2,1-4H3,(H,25,29). The number of ether oxygens (including phenoxy) is 2. The van der Waals surface area contributed by atoms with E-state index < -0.39 is 27.8 Å². The molecule has 3 atom stereocenters. The number of nitrogens with one attached hydrogen (secondary N) is 1. The Labute approximate surface area is 207 Å². The van der Waals surface area contributed by atoms with E-state index in [-0.39, 0.29) is 28.4 Å². The average Bonchev–Trinajstić information content (AvgIpc) is 2.82. The van der Waals surface area contributed by atoms with Crippen molar-refractivity contribution in [3.63, 3.8) is 0 Å². The van der Waals surface area contributed by atoms with E-state index in [1.165, 1.54) is 38.3 Å². The minimum Gasteiger partial charge on any atom is -0.495 e. The number of nitrogens with zero attached hydrogens (tertiary/aromatic N) is 3. The van der Waals surface area contributed by atoms with Crippen molar-refractivity contribution in [3.8, 4) is 5.75 Å². The molecule has 0 spiro atoms. The number of rotatable bonds is 8. The summed E-state index contributed by atoms with van der Waals surface area (Å²) in [5.41, 5.74) is -0.0935. The van der Waals surface area contributed by atoms with Gasteiger partial charge >= 0.3 is 5.97 Å². The number of anilines is 2. The van der Waals surface area contributed by atoms with Gasteiger partial charge in [-0.3, -0.25) is 25.0 Å². The summed E-state index contributed by atoms with van der Waals surface area (Å²) in [5, 5.41) is 25.3. The van der Waals surface area contributed by atoms with Gasteiger partial charge in [-0.1, -0.05) is 13.8 Å². The van der Waals surface area contributed by atoms with Gasteiger partial charge in [-0.15, -0.1) is 0 Å². The molecule has 0 saturated carbocycles. The Morgan fingerprint density at radius 2 is 1.72 bits per heavy atom. The number of carbonyl (C=O) groups is 2. The summed E-state index contributed by atoms with van der Waals surface area (Å²) in [7, 11) is 1.34. The third-order valence-corrected chi connectivity index (χ3v) is 5.92. The quantitative estimate of drug-likeness (QED) is 0.319. The second-order valence-corrected chi connectivity index (χ2v) is 8.99. The van der Waals surface area contributed by atoms with Crippen molar-refractivity contribution >= 4 is 34.6 Å². The number of carbonyl (C=O) groups excluding carboxylic acids is 2. The van der Waals surface area contributed by atoms with Crippen molar-refractivity contribution in [1.29, 1.82) is 0 Å². The summed E-state index contributed by atoms with van der Waals surface area (Å²) >= 11 is 0. The van der Waals surface area contributed by atoms with Crippen LogP contribution in [0.25, 0.3) is 0 Å². The van der Waals surface area contributed by atoms with Gasteiger partial charge in [0.05, 0.1) is 28.2 Å². The number of piperidine rings is 1. The van der Waals surface area contributed by atoms with E-state index in [2.05, 4.69) is 19.2 Å². The number of hydrogen-bond donors (Lipinski definition) is 1. The molecule has 1 N–H and O–H groups in total. The molecule has 1 amide bonds. The summed E-state index contributed by atoms with van der Waals surface area (Å²) in [6.45, 7) is 6.85. The van der Waals surface area contributed by atoms with Gasteiger partial charge in [0, 0.05) is 31.3 Å².